The van der Waals surface area contributed by atoms with Crippen molar-refractivity contribution in [2.45, 2.75) is 0 Å². The Morgan fingerprint density at radius 2 is 1.77 bits per heavy atom. The van der Waals surface area contributed by atoms with E-state index in [1.807, 2.05) is 19.0 Å². The molecule has 3 aromatic heterocycles. The molecule has 0 aliphatic heterocycles. The lowest BCUT2D eigenvalue weighted by Gasteiger charge is -2.16. The van der Waals surface area contributed by atoms with E-state index in [9.17, 15) is 18.8 Å². The summed E-state index contributed by atoms with van der Waals surface area (Å²) in [5.41, 5.74) is 8.19. The Kier molecular flexibility index (Phi) is 8.07. The summed E-state index contributed by atoms with van der Waals surface area (Å²) in [6, 6.07) is 14.3. The number of fused-ring (bicyclic) bond motifs is 1. The van der Waals surface area contributed by atoms with Crippen LogP contribution in [0.2, 0.25) is 0 Å². The van der Waals surface area contributed by atoms with Gasteiger partial charge in [-0.1, -0.05) is 12.1 Å². The van der Waals surface area contributed by atoms with Gasteiger partial charge in [-0.2, -0.15) is 0 Å². The number of hydrogen-bond acceptors (Lipinski definition) is 8. The molecular weight excluding hydrogens is 553 g/mol. The molecule has 5 rings (SSSR count). The van der Waals surface area contributed by atoms with E-state index in [1.54, 1.807) is 49.5 Å². The highest BCUT2D eigenvalue weighted by Gasteiger charge is 2.21. The van der Waals surface area contributed by atoms with Crippen molar-refractivity contribution in [3.8, 4) is 11.4 Å². The summed E-state index contributed by atoms with van der Waals surface area (Å²) in [6.45, 7) is 0.617. The number of carbonyl (C=O) groups excluding carboxylic acids is 2. The quantitative estimate of drug-likeness (QED) is 0.266. The van der Waals surface area contributed by atoms with Crippen molar-refractivity contribution in [3.05, 3.63) is 107 Å². The fourth-order valence-corrected chi connectivity index (χ4v) is 4.41. The summed E-state index contributed by atoms with van der Waals surface area (Å²) in [5.74, 6) is -1.21. The van der Waals surface area contributed by atoms with Crippen molar-refractivity contribution in [2.75, 3.05) is 43.6 Å². The van der Waals surface area contributed by atoms with Gasteiger partial charge in [0.2, 0.25) is 5.91 Å². The van der Waals surface area contributed by atoms with E-state index in [0.29, 0.717) is 23.6 Å². The Bertz CT molecular complexity index is 1910. The lowest BCUT2D eigenvalue weighted by molar-refractivity contribution is -0.113. The van der Waals surface area contributed by atoms with Crippen LogP contribution >= 0.6 is 0 Å². The van der Waals surface area contributed by atoms with Gasteiger partial charge >= 0.3 is 5.69 Å². The maximum Gasteiger partial charge on any atom is 0.339 e. The second-order valence-corrected chi connectivity index (χ2v) is 9.86. The summed E-state index contributed by atoms with van der Waals surface area (Å²) in [5, 5.41) is 2.58. The van der Waals surface area contributed by atoms with Crippen LogP contribution in [0.3, 0.4) is 0 Å². The summed E-state index contributed by atoms with van der Waals surface area (Å²) in [7, 11) is 5.46. The third-order valence-corrected chi connectivity index (χ3v) is 6.54. The van der Waals surface area contributed by atoms with E-state index in [2.05, 4.69) is 20.3 Å². The Labute approximate surface area is 245 Å². The minimum Gasteiger partial charge on any atom is -0.382 e. The van der Waals surface area contributed by atoms with Gasteiger partial charge in [0.05, 0.1) is 29.5 Å². The van der Waals surface area contributed by atoms with Crippen molar-refractivity contribution in [2.24, 2.45) is 0 Å². The number of aromatic nitrogens is 5. The van der Waals surface area contributed by atoms with Gasteiger partial charge in [-0.3, -0.25) is 19.1 Å². The lowest BCUT2D eigenvalue weighted by Crippen LogP contribution is -2.25. The number of hydrogen-bond donors (Lipinski definition) is 2. The van der Waals surface area contributed by atoms with Crippen LogP contribution in [0.1, 0.15) is 10.4 Å². The number of likely N-dealkylation sites (N-methyl/N-ethyl adjacent to an activating group) is 2. The number of pyridine rings is 1. The number of nitrogen functional groups attached to an aromatic ring is 1. The number of halogens is 1. The number of anilines is 3. The summed E-state index contributed by atoms with van der Waals surface area (Å²) < 4.78 is 16.2. The van der Waals surface area contributed by atoms with Crippen LogP contribution in [0.15, 0.2) is 90.3 Å². The third kappa shape index (κ3) is 6.01. The van der Waals surface area contributed by atoms with Gasteiger partial charge in [0, 0.05) is 37.0 Å². The zero-order chi connectivity index (χ0) is 30.7. The van der Waals surface area contributed by atoms with Crippen LogP contribution in [-0.4, -0.2) is 68.5 Å². The number of amides is 2. The van der Waals surface area contributed by atoms with Crippen LogP contribution in [0.25, 0.3) is 22.5 Å². The van der Waals surface area contributed by atoms with Gasteiger partial charge < -0.3 is 20.9 Å². The minimum atomic E-state index is -0.579. The zero-order valence-electron chi connectivity index (χ0n) is 23.6. The molecule has 3 heterocycles. The summed E-state index contributed by atoms with van der Waals surface area (Å²) in [6.07, 6.45) is 6.90. The maximum atomic E-state index is 13.9. The number of benzene rings is 2. The average Bonchev–Trinajstić information content (AvgIpc) is 3.29. The van der Waals surface area contributed by atoms with Crippen LogP contribution in [0, 0.1) is 5.82 Å². The van der Waals surface area contributed by atoms with Crippen LogP contribution in [0.4, 0.5) is 21.6 Å². The molecule has 0 unspecified atom stereocenters. The molecule has 12 nitrogen and oxygen atoms in total. The van der Waals surface area contributed by atoms with Crippen molar-refractivity contribution in [1.29, 1.82) is 0 Å². The van der Waals surface area contributed by atoms with Gasteiger partial charge in [-0.25, -0.2) is 23.7 Å². The SMILES string of the molecule is CN(C)C/C=C/C(=O)N(C)c1cccc(-n2c(=O)n(-c3ccc(C(=O)Nc4cncc(F)c4)cc3)c3c(N)ncnc32)c1. The molecule has 0 aliphatic rings. The highest BCUT2D eigenvalue weighted by atomic mass is 19.1. The Morgan fingerprint density at radius 3 is 2.49 bits per heavy atom. The first-order valence-electron chi connectivity index (χ1n) is 13.1. The molecule has 0 spiro atoms. The fraction of sp³-hybridized carbons (Fsp3) is 0.133. The molecule has 218 valence electrons. The van der Waals surface area contributed by atoms with Gasteiger partial charge in [0.25, 0.3) is 5.91 Å². The molecule has 2 amide bonds. The molecule has 3 N–H and O–H groups in total. The largest absolute Gasteiger partial charge is 0.382 e. The Morgan fingerprint density at radius 1 is 1.00 bits per heavy atom. The van der Waals surface area contributed by atoms with E-state index >= 15 is 0 Å². The first-order chi connectivity index (χ1) is 20.6. The molecule has 0 aliphatic carbocycles. The predicted octanol–water partition coefficient (Wildman–Crippen LogP) is 3.02. The monoisotopic (exact) mass is 581 g/mol. The van der Waals surface area contributed by atoms with Crippen LogP contribution in [-0.2, 0) is 4.79 Å². The predicted molar refractivity (Wildman–Crippen MR) is 162 cm³/mol. The smallest absolute Gasteiger partial charge is 0.339 e. The number of nitrogens with one attached hydrogen (secondary N) is 1. The highest BCUT2D eigenvalue weighted by Crippen LogP contribution is 2.25. The molecule has 0 saturated carbocycles. The first-order valence-corrected chi connectivity index (χ1v) is 13.1. The van der Waals surface area contributed by atoms with Crippen LogP contribution < -0.4 is 21.6 Å². The number of nitrogens with two attached hydrogens (primary N) is 1. The second-order valence-electron chi connectivity index (χ2n) is 9.86. The molecule has 5 aromatic rings. The average molecular weight is 582 g/mol. The summed E-state index contributed by atoms with van der Waals surface area (Å²) in [4.78, 5) is 55.0. The molecule has 0 fully saturated rings. The van der Waals surface area contributed by atoms with Crippen LogP contribution in [0.5, 0.6) is 0 Å². The lowest BCUT2D eigenvalue weighted by atomic mass is 10.2. The van der Waals surface area contributed by atoms with Gasteiger partial charge in [-0.15, -0.1) is 0 Å². The zero-order valence-corrected chi connectivity index (χ0v) is 23.6. The van der Waals surface area contributed by atoms with Crippen molar-refractivity contribution >= 4 is 40.2 Å². The second kappa shape index (κ2) is 12.0. The maximum absolute atomic E-state index is 13.9. The molecule has 2 aromatic carbocycles. The molecule has 0 bridgehead atoms. The topological polar surface area (TPSA) is 144 Å². The van der Waals surface area contributed by atoms with E-state index in [0.717, 1.165) is 12.3 Å². The number of carbonyl (C=O) groups is 2. The number of imidazole rings is 1. The fourth-order valence-electron chi connectivity index (χ4n) is 4.41. The Hall–Kier alpha value is -5.69. The van der Waals surface area contributed by atoms with E-state index < -0.39 is 17.4 Å². The molecule has 13 heteroatoms. The number of rotatable bonds is 8. The third-order valence-electron chi connectivity index (χ3n) is 6.54. The highest BCUT2D eigenvalue weighted by molar-refractivity contribution is 6.04. The molecule has 0 saturated heterocycles. The van der Waals surface area contributed by atoms with Gasteiger partial charge in [0.1, 0.15) is 17.7 Å². The standard InChI is InChI=1S/C30H28FN9O3/c1-37(2)13-5-8-25(41)38(3)23-6-4-7-24(15-23)40-28-26(27(32)34-18-35-28)39(30(40)43)22-11-9-19(10-12-22)29(42)36-21-14-20(31)16-33-17-21/h4-12,14-18H,13H2,1-3H3,(H,36,42)(H2,32,34,35)/b8-5+. The van der Waals surface area contributed by atoms with E-state index in [4.69, 9.17) is 5.73 Å². The molecule has 0 atom stereocenters. The number of nitrogens with zero attached hydrogens (tertiary/aromatic N) is 7. The first kappa shape index (κ1) is 28.8. The van der Waals surface area contributed by atoms with E-state index in [1.165, 1.54) is 44.8 Å². The van der Waals surface area contributed by atoms with Crippen molar-refractivity contribution < 1.29 is 14.0 Å². The normalized spacial score (nSPS) is 11.4. The summed E-state index contributed by atoms with van der Waals surface area (Å²) >= 11 is 0. The molecular formula is C30H28FN9O3. The molecule has 43 heavy (non-hydrogen) atoms. The van der Waals surface area contributed by atoms with E-state index in [-0.39, 0.29) is 34.1 Å². The van der Waals surface area contributed by atoms with Gasteiger partial charge in [-0.05, 0) is 56.6 Å². The van der Waals surface area contributed by atoms with Gasteiger partial charge in [0.15, 0.2) is 11.5 Å². The minimum absolute atomic E-state index is 0.0794. The van der Waals surface area contributed by atoms with Crippen molar-refractivity contribution in [1.82, 2.24) is 29.0 Å². The van der Waals surface area contributed by atoms with Crippen molar-refractivity contribution in [3.63, 3.8) is 0 Å². The Balaban J connectivity index is 1.51. The molecule has 0 radical (unpaired) electrons.